The van der Waals surface area contributed by atoms with Crippen molar-refractivity contribution in [1.29, 1.82) is 0 Å². The first kappa shape index (κ1) is 14.8. The molecule has 0 saturated carbocycles. The van der Waals surface area contributed by atoms with Crippen molar-refractivity contribution in [1.82, 2.24) is 20.3 Å². The minimum Gasteiger partial charge on any atom is -0.480 e. The van der Waals surface area contributed by atoms with Crippen LogP contribution >= 0.6 is 0 Å². The molecule has 0 unspecified atom stereocenters. The first-order valence-corrected chi connectivity index (χ1v) is 6.83. The molecule has 7 nitrogen and oxygen atoms in total. The van der Waals surface area contributed by atoms with Gasteiger partial charge in [-0.25, -0.2) is 14.2 Å². The fraction of sp³-hybridized carbons (Fsp3) is 0.133. The largest absolute Gasteiger partial charge is 0.480 e. The zero-order chi connectivity index (χ0) is 16.4. The molecule has 0 aliphatic heterocycles. The van der Waals surface area contributed by atoms with Gasteiger partial charge in [0.1, 0.15) is 17.6 Å². The average Bonchev–Trinajstić information content (AvgIpc) is 3.15. The number of fused-ring (bicyclic) bond motifs is 1. The first-order chi connectivity index (χ1) is 11.0. The monoisotopic (exact) mass is 316 g/mol. The number of carboxylic acid groups (broad SMARTS) is 1. The van der Waals surface area contributed by atoms with Crippen molar-refractivity contribution in [2.24, 2.45) is 0 Å². The molecule has 23 heavy (non-hydrogen) atoms. The number of hydrogen-bond acceptors (Lipinski definition) is 3. The molecule has 3 aromatic rings. The number of imidazole rings is 1. The summed E-state index contributed by atoms with van der Waals surface area (Å²) < 4.78 is 13.6. The zero-order valence-corrected chi connectivity index (χ0v) is 11.8. The number of hydrogen-bond donors (Lipinski definition) is 4. The van der Waals surface area contributed by atoms with E-state index in [-0.39, 0.29) is 17.5 Å². The molecular formula is C15H13FN4O3. The molecule has 118 valence electrons. The van der Waals surface area contributed by atoms with Gasteiger partial charge in [-0.2, -0.15) is 0 Å². The van der Waals surface area contributed by atoms with E-state index in [9.17, 15) is 19.1 Å². The van der Waals surface area contributed by atoms with Crippen LogP contribution in [-0.2, 0) is 11.2 Å². The van der Waals surface area contributed by atoms with Crippen LogP contribution in [-0.4, -0.2) is 38.0 Å². The van der Waals surface area contributed by atoms with Crippen molar-refractivity contribution in [3.05, 3.63) is 54.0 Å². The third kappa shape index (κ3) is 3.05. The zero-order valence-electron chi connectivity index (χ0n) is 11.8. The lowest BCUT2D eigenvalue weighted by Gasteiger charge is -2.12. The molecule has 4 N–H and O–H groups in total. The van der Waals surface area contributed by atoms with Gasteiger partial charge in [-0.15, -0.1) is 0 Å². The number of aliphatic carboxylic acids is 1. The molecular weight excluding hydrogens is 303 g/mol. The Morgan fingerprint density at radius 2 is 2.22 bits per heavy atom. The van der Waals surface area contributed by atoms with E-state index >= 15 is 0 Å². The molecule has 0 aliphatic rings. The second-order valence-electron chi connectivity index (χ2n) is 5.03. The number of aromatic amines is 2. The fourth-order valence-corrected chi connectivity index (χ4v) is 2.29. The molecule has 3 rings (SSSR count). The fourth-order valence-electron chi connectivity index (χ4n) is 2.29. The van der Waals surface area contributed by atoms with Gasteiger partial charge in [0.25, 0.3) is 5.91 Å². The van der Waals surface area contributed by atoms with Crippen LogP contribution in [0.1, 0.15) is 16.2 Å². The van der Waals surface area contributed by atoms with Gasteiger partial charge >= 0.3 is 5.97 Å². The molecule has 8 heteroatoms. The van der Waals surface area contributed by atoms with Crippen LogP contribution in [0.2, 0.25) is 0 Å². The Hall–Kier alpha value is -3.16. The van der Waals surface area contributed by atoms with Gasteiger partial charge in [-0.3, -0.25) is 4.79 Å². The van der Waals surface area contributed by atoms with Crippen LogP contribution in [0.25, 0.3) is 10.9 Å². The third-order valence-electron chi connectivity index (χ3n) is 3.44. The van der Waals surface area contributed by atoms with E-state index in [0.717, 1.165) is 0 Å². The summed E-state index contributed by atoms with van der Waals surface area (Å²) in [6.07, 6.45) is 2.98. The minimum absolute atomic E-state index is 0.0651. The van der Waals surface area contributed by atoms with Gasteiger partial charge in [0.2, 0.25) is 0 Å². The van der Waals surface area contributed by atoms with E-state index in [4.69, 9.17) is 0 Å². The highest BCUT2D eigenvalue weighted by molar-refractivity contribution is 5.99. The van der Waals surface area contributed by atoms with Crippen LogP contribution in [0.3, 0.4) is 0 Å². The molecule has 1 atom stereocenters. The molecule has 0 aliphatic carbocycles. The lowest BCUT2D eigenvalue weighted by atomic mass is 10.1. The standard InChI is InChI=1S/C15H13FN4O3/c16-10-2-1-3-11-9(10)5-12(19-11)14(21)20-13(15(22)23)4-8-6-17-7-18-8/h1-3,5-7,13,19H,4H2,(H,17,18)(H,20,21)(H,22,23)/t13-/m1/s1. The number of carbonyl (C=O) groups is 2. The Morgan fingerprint density at radius 1 is 1.39 bits per heavy atom. The van der Waals surface area contributed by atoms with Crippen LogP contribution < -0.4 is 5.32 Å². The van der Waals surface area contributed by atoms with Crippen LogP contribution in [0.4, 0.5) is 4.39 Å². The van der Waals surface area contributed by atoms with E-state index in [1.807, 2.05) is 0 Å². The number of rotatable bonds is 5. The lowest BCUT2D eigenvalue weighted by Crippen LogP contribution is -2.42. The number of H-pyrrole nitrogens is 2. The topological polar surface area (TPSA) is 111 Å². The van der Waals surface area contributed by atoms with Crippen LogP contribution in [0, 0.1) is 5.82 Å². The number of carbonyl (C=O) groups excluding carboxylic acids is 1. The number of nitrogens with one attached hydrogen (secondary N) is 3. The molecule has 0 saturated heterocycles. The summed E-state index contributed by atoms with van der Waals surface area (Å²) >= 11 is 0. The van der Waals surface area contributed by atoms with E-state index in [0.29, 0.717) is 11.2 Å². The Labute approximate surface area is 129 Å². The summed E-state index contributed by atoms with van der Waals surface area (Å²) in [5.74, 6) is -2.24. The summed E-state index contributed by atoms with van der Waals surface area (Å²) in [6, 6.07) is 4.67. The van der Waals surface area contributed by atoms with Gasteiger partial charge in [0.15, 0.2) is 0 Å². The van der Waals surface area contributed by atoms with E-state index in [1.165, 1.54) is 30.7 Å². The number of halogens is 1. The molecule has 0 bridgehead atoms. The smallest absolute Gasteiger partial charge is 0.326 e. The van der Waals surface area contributed by atoms with Crippen molar-refractivity contribution in [3.63, 3.8) is 0 Å². The molecule has 0 radical (unpaired) electrons. The van der Waals surface area contributed by atoms with Gasteiger partial charge in [-0.1, -0.05) is 6.07 Å². The van der Waals surface area contributed by atoms with Crippen molar-refractivity contribution >= 4 is 22.8 Å². The Bertz CT molecular complexity index is 857. The van der Waals surface area contributed by atoms with Crippen LogP contribution in [0.15, 0.2) is 36.8 Å². The Kier molecular flexibility index (Phi) is 3.80. The second-order valence-corrected chi connectivity index (χ2v) is 5.03. The molecule has 2 aromatic heterocycles. The van der Waals surface area contributed by atoms with Crippen LogP contribution in [0.5, 0.6) is 0 Å². The predicted molar refractivity (Wildman–Crippen MR) is 79.4 cm³/mol. The molecule has 0 spiro atoms. The number of amides is 1. The lowest BCUT2D eigenvalue weighted by molar-refractivity contribution is -0.139. The average molecular weight is 316 g/mol. The summed E-state index contributed by atoms with van der Waals surface area (Å²) in [5.41, 5.74) is 1.15. The van der Waals surface area contributed by atoms with Crippen molar-refractivity contribution in [3.8, 4) is 0 Å². The quantitative estimate of drug-likeness (QED) is 0.571. The van der Waals surface area contributed by atoms with Crippen molar-refractivity contribution in [2.75, 3.05) is 0 Å². The summed E-state index contributed by atoms with van der Waals surface area (Å²) in [6.45, 7) is 0. The van der Waals surface area contributed by atoms with Gasteiger partial charge in [0.05, 0.1) is 6.33 Å². The Morgan fingerprint density at radius 3 is 2.87 bits per heavy atom. The number of carboxylic acids is 1. The highest BCUT2D eigenvalue weighted by Crippen LogP contribution is 2.18. The highest BCUT2D eigenvalue weighted by atomic mass is 19.1. The van der Waals surface area contributed by atoms with Gasteiger partial charge < -0.3 is 20.4 Å². The van der Waals surface area contributed by atoms with Crippen molar-refractivity contribution < 1.29 is 19.1 Å². The second kappa shape index (κ2) is 5.91. The SMILES string of the molecule is O=C(N[C@H](Cc1cnc[nH]1)C(=O)O)c1cc2c(F)cccc2[nH]1. The number of aromatic nitrogens is 3. The number of nitrogens with zero attached hydrogens (tertiary/aromatic N) is 1. The first-order valence-electron chi connectivity index (χ1n) is 6.83. The van der Waals surface area contributed by atoms with E-state index < -0.39 is 23.7 Å². The molecule has 2 heterocycles. The highest BCUT2D eigenvalue weighted by Gasteiger charge is 2.22. The maximum absolute atomic E-state index is 13.6. The van der Waals surface area contributed by atoms with Crippen molar-refractivity contribution in [2.45, 2.75) is 12.5 Å². The Balaban J connectivity index is 1.80. The number of benzene rings is 1. The summed E-state index contributed by atoms with van der Waals surface area (Å²) in [4.78, 5) is 32.9. The molecule has 1 aromatic carbocycles. The normalized spacial score (nSPS) is 12.2. The summed E-state index contributed by atoms with van der Waals surface area (Å²) in [5, 5.41) is 11.9. The van der Waals surface area contributed by atoms with E-state index in [1.54, 1.807) is 6.07 Å². The minimum atomic E-state index is -1.17. The van der Waals surface area contributed by atoms with E-state index in [2.05, 4.69) is 20.3 Å². The molecule has 1 amide bonds. The maximum Gasteiger partial charge on any atom is 0.326 e. The predicted octanol–water partition coefficient (Wildman–Crippen LogP) is 1.46. The maximum atomic E-state index is 13.6. The van der Waals surface area contributed by atoms with Gasteiger partial charge in [-0.05, 0) is 18.2 Å². The third-order valence-corrected chi connectivity index (χ3v) is 3.44. The molecule has 0 fully saturated rings. The summed E-state index contributed by atoms with van der Waals surface area (Å²) in [7, 11) is 0. The van der Waals surface area contributed by atoms with Gasteiger partial charge in [0, 0.05) is 29.2 Å².